The van der Waals surface area contributed by atoms with Crippen LogP contribution in [0, 0.1) is 0 Å². The number of phenolic OH excluding ortho intramolecular Hbond substituents is 1. The van der Waals surface area contributed by atoms with Gasteiger partial charge in [-0.2, -0.15) is 0 Å². The Bertz CT molecular complexity index is 1180. The minimum Gasteiger partial charge on any atom is -0.507 e. The number of hydrogen-bond donors (Lipinski definition) is 2. The maximum absolute atomic E-state index is 13.3. The van der Waals surface area contributed by atoms with Gasteiger partial charge in [0.25, 0.3) is 0 Å². The highest BCUT2D eigenvalue weighted by Crippen LogP contribution is 2.34. The van der Waals surface area contributed by atoms with Gasteiger partial charge < -0.3 is 15.0 Å². The second-order valence-electron chi connectivity index (χ2n) is 7.22. The van der Waals surface area contributed by atoms with Crippen LogP contribution < -0.4 is 5.32 Å². The number of hydrogen-bond acceptors (Lipinski definition) is 3. The summed E-state index contributed by atoms with van der Waals surface area (Å²) in [5.41, 5.74) is 5.20. The van der Waals surface area contributed by atoms with Gasteiger partial charge in [0.2, 0.25) is 0 Å². The fourth-order valence-electron chi connectivity index (χ4n) is 3.99. The largest absolute Gasteiger partial charge is 0.507 e. The van der Waals surface area contributed by atoms with E-state index >= 15 is 0 Å². The van der Waals surface area contributed by atoms with E-state index in [2.05, 4.69) is 5.32 Å². The van der Waals surface area contributed by atoms with Crippen molar-refractivity contribution in [2.24, 2.45) is 0 Å². The molecule has 0 fully saturated rings. The Morgan fingerprint density at radius 2 is 1.59 bits per heavy atom. The summed E-state index contributed by atoms with van der Waals surface area (Å²) in [6.07, 6.45) is 1.93. The number of benzene rings is 3. The topological polar surface area (TPSA) is 54.3 Å². The number of phenols is 1. The molecule has 0 saturated carbocycles. The van der Waals surface area contributed by atoms with Crippen LogP contribution >= 0.6 is 0 Å². The molecule has 0 aliphatic carbocycles. The molecule has 2 heterocycles. The predicted molar refractivity (Wildman–Crippen MR) is 115 cm³/mol. The number of nitrogens with one attached hydrogen (secondary N) is 1. The van der Waals surface area contributed by atoms with Crippen molar-refractivity contribution in [3.05, 3.63) is 102 Å². The number of Topliss-reactive ketones (excluding diaryl/α,β-unsaturated/α-hetero) is 1. The van der Waals surface area contributed by atoms with Gasteiger partial charge in [-0.25, -0.2) is 0 Å². The second kappa shape index (κ2) is 6.99. The summed E-state index contributed by atoms with van der Waals surface area (Å²) in [6, 6.07) is 27.0. The lowest BCUT2D eigenvalue weighted by Gasteiger charge is -2.24. The molecule has 3 aromatic carbocycles. The number of ketones is 1. The Kier molecular flexibility index (Phi) is 4.17. The van der Waals surface area contributed by atoms with Gasteiger partial charge in [0, 0.05) is 24.0 Å². The minimum absolute atomic E-state index is 0.125. The number of aromatic hydroxyl groups is 1. The summed E-state index contributed by atoms with van der Waals surface area (Å²) in [5, 5.41) is 13.5. The molecule has 1 unspecified atom stereocenters. The van der Waals surface area contributed by atoms with Crippen LogP contribution in [0.15, 0.2) is 91.1 Å². The minimum atomic E-state index is -0.196. The molecule has 0 spiro atoms. The Morgan fingerprint density at radius 1 is 0.862 bits per heavy atom. The average Bonchev–Trinajstić information content (AvgIpc) is 3.20. The molecular weight excluding hydrogens is 360 g/mol. The lowest BCUT2D eigenvalue weighted by atomic mass is 9.90. The first-order chi connectivity index (χ1) is 14.2. The monoisotopic (exact) mass is 380 g/mol. The summed E-state index contributed by atoms with van der Waals surface area (Å²) >= 11 is 0. The lowest BCUT2D eigenvalue weighted by Crippen LogP contribution is -2.29. The van der Waals surface area contributed by atoms with Crippen molar-refractivity contribution >= 4 is 11.5 Å². The molecule has 0 saturated heterocycles. The highest BCUT2D eigenvalue weighted by Gasteiger charge is 2.31. The number of carbonyl (C=O) groups excluding carboxylic acids is 1. The van der Waals surface area contributed by atoms with Crippen LogP contribution in [0.2, 0.25) is 0 Å². The molecular formula is C25H20N2O2. The third-order valence-electron chi connectivity index (χ3n) is 5.50. The fraction of sp³-hybridized carbons (Fsp3) is 0.0800. The first kappa shape index (κ1) is 17.3. The number of aromatic nitrogens is 1. The van der Waals surface area contributed by atoms with E-state index in [-0.39, 0.29) is 17.5 Å². The predicted octanol–water partition coefficient (Wildman–Crippen LogP) is 5.24. The van der Waals surface area contributed by atoms with E-state index in [0.717, 1.165) is 28.1 Å². The molecule has 1 atom stereocenters. The zero-order chi connectivity index (χ0) is 19.8. The van der Waals surface area contributed by atoms with Crippen molar-refractivity contribution < 1.29 is 9.90 Å². The standard InChI is InChI=1S/C25H20N2O2/c28-23-9-5-4-8-20(23)18-10-12-19(13-11-18)27-15-14-22-24(27)25(29)21(16-26-22)17-6-2-1-3-7-17/h1-15,21,26,28H,16H2. The molecule has 29 heavy (non-hydrogen) atoms. The van der Waals surface area contributed by atoms with Crippen LogP contribution in [0.3, 0.4) is 0 Å². The SMILES string of the molecule is O=C1c2c(ccn2-c2ccc(-c3ccccc3O)cc2)NCC1c1ccccc1. The fourth-order valence-corrected chi connectivity index (χ4v) is 3.99. The molecule has 142 valence electrons. The van der Waals surface area contributed by atoms with Crippen LogP contribution in [0.1, 0.15) is 22.0 Å². The van der Waals surface area contributed by atoms with Gasteiger partial charge in [0.1, 0.15) is 11.4 Å². The number of anilines is 1. The van der Waals surface area contributed by atoms with E-state index < -0.39 is 0 Å². The van der Waals surface area contributed by atoms with Gasteiger partial charge in [0.15, 0.2) is 5.78 Å². The van der Waals surface area contributed by atoms with Crippen molar-refractivity contribution in [2.45, 2.75) is 5.92 Å². The Hall–Kier alpha value is -3.79. The molecule has 0 bridgehead atoms. The van der Waals surface area contributed by atoms with E-state index in [1.165, 1.54) is 0 Å². The number of carbonyl (C=O) groups is 1. The van der Waals surface area contributed by atoms with Crippen LogP contribution in [0.25, 0.3) is 16.8 Å². The Labute approximate surface area is 169 Å². The summed E-state index contributed by atoms with van der Waals surface area (Å²) in [6.45, 7) is 0.603. The third kappa shape index (κ3) is 2.99. The van der Waals surface area contributed by atoms with E-state index in [4.69, 9.17) is 0 Å². The maximum Gasteiger partial charge on any atom is 0.190 e. The summed E-state index contributed by atoms with van der Waals surface area (Å²) in [5.74, 6) is 0.182. The van der Waals surface area contributed by atoms with Crippen LogP contribution in [-0.2, 0) is 0 Å². The van der Waals surface area contributed by atoms with Gasteiger partial charge >= 0.3 is 0 Å². The van der Waals surface area contributed by atoms with Crippen molar-refractivity contribution in [1.29, 1.82) is 0 Å². The highest BCUT2D eigenvalue weighted by molar-refractivity contribution is 6.06. The van der Waals surface area contributed by atoms with Gasteiger partial charge in [0.05, 0.1) is 11.6 Å². The summed E-state index contributed by atoms with van der Waals surface area (Å²) in [4.78, 5) is 13.3. The third-order valence-corrected chi connectivity index (χ3v) is 5.50. The Balaban J connectivity index is 1.51. The van der Waals surface area contributed by atoms with Gasteiger partial charge in [-0.3, -0.25) is 4.79 Å². The molecule has 0 radical (unpaired) electrons. The normalized spacial score (nSPS) is 15.6. The zero-order valence-corrected chi connectivity index (χ0v) is 15.7. The molecule has 0 amide bonds. The van der Waals surface area contributed by atoms with E-state index in [1.807, 2.05) is 83.6 Å². The van der Waals surface area contributed by atoms with Crippen molar-refractivity contribution in [3.8, 4) is 22.6 Å². The van der Waals surface area contributed by atoms with Crippen LogP contribution in [0.5, 0.6) is 5.75 Å². The number of fused-ring (bicyclic) bond motifs is 1. The smallest absolute Gasteiger partial charge is 0.190 e. The zero-order valence-electron chi connectivity index (χ0n) is 15.7. The molecule has 4 aromatic rings. The lowest BCUT2D eigenvalue weighted by molar-refractivity contribution is 0.0953. The molecule has 4 nitrogen and oxygen atoms in total. The van der Waals surface area contributed by atoms with E-state index in [9.17, 15) is 9.90 Å². The number of rotatable bonds is 3. The highest BCUT2D eigenvalue weighted by atomic mass is 16.3. The molecule has 1 aliphatic heterocycles. The molecule has 1 aromatic heterocycles. The van der Waals surface area contributed by atoms with Gasteiger partial charge in [-0.1, -0.05) is 60.7 Å². The Morgan fingerprint density at radius 3 is 2.34 bits per heavy atom. The number of nitrogens with zero attached hydrogens (tertiary/aromatic N) is 1. The van der Waals surface area contributed by atoms with Crippen molar-refractivity contribution in [1.82, 2.24) is 4.57 Å². The summed E-state index contributed by atoms with van der Waals surface area (Å²) in [7, 11) is 0. The molecule has 5 rings (SSSR count). The van der Waals surface area contributed by atoms with Gasteiger partial charge in [-0.15, -0.1) is 0 Å². The molecule has 2 N–H and O–H groups in total. The maximum atomic E-state index is 13.3. The average molecular weight is 380 g/mol. The quantitative estimate of drug-likeness (QED) is 0.511. The number of para-hydroxylation sites is 1. The van der Waals surface area contributed by atoms with E-state index in [1.54, 1.807) is 12.1 Å². The van der Waals surface area contributed by atoms with Crippen LogP contribution in [-0.4, -0.2) is 22.0 Å². The molecule has 4 heteroatoms. The first-order valence-electron chi connectivity index (χ1n) is 9.65. The van der Waals surface area contributed by atoms with Crippen molar-refractivity contribution in [3.63, 3.8) is 0 Å². The van der Waals surface area contributed by atoms with E-state index in [0.29, 0.717) is 12.2 Å². The van der Waals surface area contributed by atoms with Crippen LogP contribution in [0.4, 0.5) is 5.69 Å². The first-order valence-corrected chi connectivity index (χ1v) is 9.65. The summed E-state index contributed by atoms with van der Waals surface area (Å²) < 4.78 is 1.94. The molecule has 1 aliphatic rings. The van der Waals surface area contributed by atoms with Crippen molar-refractivity contribution in [2.75, 3.05) is 11.9 Å². The second-order valence-corrected chi connectivity index (χ2v) is 7.22. The van der Waals surface area contributed by atoms with Gasteiger partial charge in [-0.05, 0) is 35.4 Å².